The van der Waals surface area contributed by atoms with Crippen LogP contribution in [0.15, 0.2) is 36.8 Å². The molecule has 2 N–H and O–H groups in total. The third kappa shape index (κ3) is 5.51. The number of hydrogen-bond acceptors (Lipinski definition) is 6. The van der Waals surface area contributed by atoms with Crippen molar-refractivity contribution in [3.8, 4) is 23.0 Å². The second kappa shape index (κ2) is 9.38. The number of rotatable bonds is 5. The van der Waals surface area contributed by atoms with Crippen molar-refractivity contribution in [2.24, 2.45) is 7.05 Å². The summed E-state index contributed by atoms with van der Waals surface area (Å²) < 4.78 is 22.1. The Bertz CT molecular complexity index is 1190. The van der Waals surface area contributed by atoms with Gasteiger partial charge in [0.1, 0.15) is 11.6 Å². The van der Waals surface area contributed by atoms with E-state index in [1.54, 1.807) is 30.1 Å². The molecule has 4 rings (SSSR count). The summed E-state index contributed by atoms with van der Waals surface area (Å²) in [6.45, 7) is 9.82. The smallest absolute Gasteiger partial charge is 0.322 e. The van der Waals surface area contributed by atoms with Gasteiger partial charge in [-0.2, -0.15) is 10.1 Å². The molecular weight excluding hydrogens is 437 g/mol. The van der Waals surface area contributed by atoms with Gasteiger partial charge in [-0.1, -0.05) is 0 Å². The molecule has 2 amide bonds. The van der Waals surface area contributed by atoms with Crippen molar-refractivity contribution in [2.45, 2.75) is 45.7 Å². The first-order chi connectivity index (χ1) is 16.1. The van der Waals surface area contributed by atoms with Gasteiger partial charge in [0.05, 0.1) is 17.6 Å². The molecule has 1 aromatic carbocycles. The van der Waals surface area contributed by atoms with Crippen LogP contribution in [-0.2, 0) is 7.05 Å². The number of aromatic nitrogens is 4. The molecule has 1 unspecified atom stereocenters. The first-order valence-electron chi connectivity index (χ1n) is 11.2. The first-order valence-corrected chi connectivity index (χ1v) is 11.2. The Morgan fingerprint density at radius 3 is 2.76 bits per heavy atom. The van der Waals surface area contributed by atoms with E-state index in [1.165, 1.54) is 12.1 Å². The standard InChI is InChI=1S/C24H30FN7O2/c1-15-10-18(25)20(29-22(33)28-17-7-9-32(14-17)24(2,3)4)11-21(15)34-23-26-8-6-19(30-23)16-12-27-31(5)13-16/h6,8,10-13,17H,7,9,14H2,1-5H3,(H2,28,29,33). The van der Waals surface area contributed by atoms with Crippen molar-refractivity contribution in [3.63, 3.8) is 0 Å². The van der Waals surface area contributed by atoms with E-state index in [0.29, 0.717) is 17.0 Å². The lowest BCUT2D eigenvalue weighted by Gasteiger charge is -2.31. The van der Waals surface area contributed by atoms with E-state index < -0.39 is 11.8 Å². The van der Waals surface area contributed by atoms with Gasteiger partial charge in [0.2, 0.25) is 0 Å². The number of carbonyl (C=O) groups is 1. The maximum atomic E-state index is 14.6. The number of hydrogen-bond donors (Lipinski definition) is 2. The normalized spacial score (nSPS) is 16.5. The van der Waals surface area contributed by atoms with Crippen LogP contribution in [0.4, 0.5) is 14.9 Å². The molecule has 0 radical (unpaired) electrons. The molecule has 1 atom stereocenters. The van der Waals surface area contributed by atoms with Gasteiger partial charge in [-0.25, -0.2) is 14.2 Å². The predicted octanol–water partition coefficient (Wildman–Crippen LogP) is 4.11. The quantitative estimate of drug-likeness (QED) is 0.586. The van der Waals surface area contributed by atoms with Crippen LogP contribution in [0.2, 0.25) is 0 Å². The Hall–Kier alpha value is -3.53. The molecule has 3 heterocycles. The molecule has 0 spiro atoms. The van der Waals surface area contributed by atoms with Gasteiger partial charge in [0.15, 0.2) is 0 Å². The Balaban J connectivity index is 1.45. The Kier molecular flexibility index (Phi) is 6.52. The highest BCUT2D eigenvalue weighted by atomic mass is 19.1. The van der Waals surface area contributed by atoms with Gasteiger partial charge >= 0.3 is 12.0 Å². The van der Waals surface area contributed by atoms with Gasteiger partial charge in [-0.05, 0) is 51.8 Å². The average Bonchev–Trinajstić information content (AvgIpc) is 3.41. The molecule has 34 heavy (non-hydrogen) atoms. The molecule has 9 nitrogen and oxygen atoms in total. The Morgan fingerprint density at radius 1 is 1.29 bits per heavy atom. The SMILES string of the molecule is Cc1cc(F)c(NC(=O)NC2CCN(C(C)(C)C)C2)cc1Oc1nccc(-c2cnn(C)c2)n1. The second-order valence-corrected chi connectivity index (χ2v) is 9.53. The molecule has 0 bridgehead atoms. The lowest BCUT2D eigenvalue weighted by atomic mass is 10.1. The van der Waals surface area contributed by atoms with E-state index in [9.17, 15) is 9.18 Å². The largest absolute Gasteiger partial charge is 0.424 e. The fourth-order valence-electron chi connectivity index (χ4n) is 3.89. The molecular formula is C24H30FN7O2. The van der Waals surface area contributed by atoms with Crippen LogP contribution >= 0.6 is 0 Å². The van der Waals surface area contributed by atoms with Crippen LogP contribution in [0, 0.1) is 12.7 Å². The highest BCUT2D eigenvalue weighted by molar-refractivity contribution is 5.90. The minimum Gasteiger partial charge on any atom is -0.424 e. The summed E-state index contributed by atoms with van der Waals surface area (Å²) in [5.41, 5.74) is 2.08. The van der Waals surface area contributed by atoms with Gasteiger partial charge in [0, 0.05) is 55.7 Å². The minimum atomic E-state index is -0.548. The van der Waals surface area contributed by atoms with E-state index in [-0.39, 0.29) is 23.3 Å². The number of carbonyl (C=O) groups excluding carboxylic acids is 1. The van der Waals surface area contributed by atoms with Crippen LogP contribution in [-0.4, -0.2) is 55.3 Å². The second-order valence-electron chi connectivity index (χ2n) is 9.53. The number of benzene rings is 1. The number of nitrogens with one attached hydrogen (secondary N) is 2. The molecule has 0 saturated carbocycles. The minimum absolute atomic E-state index is 0.00655. The zero-order chi connectivity index (χ0) is 24.5. The number of ether oxygens (including phenoxy) is 1. The summed E-state index contributed by atoms with van der Waals surface area (Å²) in [6.07, 6.45) is 5.96. The van der Waals surface area contributed by atoms with E-state index >= 15 is 0 Å². The molecule has 1 aliphatic heterocycles. The number of anilines is 1. The predicted molar refractivity (Wildman–Crippen MR) is 127 cm³/mol. The molecule has 1 fully saturated rings. The van der Waals surface area contributed by atoms with Crippen LogP contribution < -0.4 is 15.4 Å². The lowest BCUT2D eigenvalue weighted by molar-refractivity contribution is 0.171. The van der Waals surface area contributed by atoms with Crippen molar-refractivity contribution in [1.82, 2.24) is 30.0 Å². The molecule has 10 heteroatoms. The van der Waals surface area contributed by atoms with Gasteiger partial charge in [0.25, 0.3) is 0 Å². The van der Waals surface area contributed by atoms with Gasteiger partial charge < -0.3 is 15.4 Å². The van der Waals surface area contributed by atoms with Gasteiger partial charge in [-0.15, -0.1) is 0 Å². The zero-order valence-electron chi connectivity index (χ0n) is 20.1. The Morgan fingerprint density at radius 2 is 2.09 bits per heavy atom. The molecule has 1 aliphatic rings. The topological polar surface area (TPSA) is 97.2 Å². The molecule has 3 aromatic rings. The molecule has 2 aromatic heterocycles. The number of nitrogens with zero attached hydrogens (tertiary/aromatic N) is 5. The molecule has 180 valence electrons. The van der Waals surface area contributed by atoms with Crippen LogP contribution in [0.1, 0.15) is 32.8 Å². The fraction of sp³-hybridized carbons (Fsp3) is 0.417. The summed E-state index contributed by atoms with van der Waals surface area (Å²) in [7, 11) is 1.82. The highest BCUT2D eigenvalue weighted by Gasteiger charge is 2.31. The van der Waals surface area contributed by atoms with Crippen LogP contribution in [0.5, 0.6) is 11.8 Å². The molecule has 0 aliphatic carbocycles. The third-order valence-electron chi connectivity index (χ3n) is 5.82. The monoisotopic (exact) mass is 467 g/mol. The first kappa shape index (κ1) is 23.6. The summed E-state index contributed by atoms with van der Waals surface area (Å²) in [6, 6.07) is 4.17. The van der Waals surface area contributed by atoms with Crippen molar-refractivity contribution in [2.75, 3.05) is 18.4 Å². The summed E-state index contributed by atoms with van der Waals surface area (Å²) in [5.74, 6) is -0.201. The number of aryl methyl sites for hydroxylation is 2. The average molecular weight is 468 g/mol. The number of likely N-dealkylation sites (tertiary alicyclic amines) is 1. The highest BCUT2D eigenvalue weighted by Crippen LogP contribution is 2.30. The zero-order valence-corrected chi connectivity index (χ0v) is 20.1. The van der Waals surface area contributed by atoms with Gasteiger partial charge in [-0.3, -0.25) is 9.58 Å². The fourth-order valence-corrected chi connectivity index (χ4v) is 3.89. The maximum absolute atomic E-state index is 14.6. The number of halogens is 1. The van der Waals surface area contributed by atoms with E-state index in [4.69, 9.17) is 4.74 Å². The summed E-state index contributed by atoms with van der Waals surface area (Å²) in [4.78, 5) is 23.4. The lowest BCUT2D eigenvalue weighted by Crippen LogP contribution is -2.44. The van der Waals surface area contributed by atoms with Crippen molar-refractivity contribution >= 4 is 11.7 Å². The van der Waals surface area contributed by atoms with Crippen molar-refractivity contribution in [1.29, 1.82) is 0 Å². The number of urea groups is 1. The van der Waals surface area contributed by atoms with Crippen molar-refractivity contribution in [3.05, 3.63) is 48.2 Å². The summed E-state index contributed by atoms with van der Waals surface area (Å²) >= 11 is 0. The van der Waals surface area contributed by atoms with Crippen LogP contribution in [0.3, 0.4) is 0 Å². The molecule has 1 saturated heterocycles. The Labute approximate surface area is 198 Å². The van der Waals surface area contributed by atoms with Crippen molar-refractivity contribution < 1.29 is 13.9 Å². The van der Waals surface area contributed by atoms with Crippen LogP contribution in [0.25, 0.3) is 11.3 Å². The van der Waals surface area contributed by atoms with E-state index in [2.05, 4.69) is 51.4 Å². The van der Waals surface area contributed by atoms with E-state index in [1.807, 2.05) is 13.2 Å². The number of amides is 2. The maximum Gasteiger partial charge on any atom is 0.322 e. The third-order valence-corrected chi connectivity index (χ3v) is 5.82. The van der Waals surface area contributed by atoms with E-state index in [0.717, 1.165) is 25.1 Å². The summed E-state index contributed by atoms with van der Waals surface area (Å²) in [5, 5.41) is 9.69.